The highest BCUT2D eigenvalue weighted by Crippen LogP contribution is 2.35. The first-order valence-corrected chi connectivity index (χ1v) is 12.1. The summed E-state index contributed by atoms with van der Waals surface area (Å²) in [5.41, 5.74) is 3.50. The number of imidazole rings is 1. The van der Waals surface area contributed by atoms with E-state index in [4.69, 9.17) is 0 Å². The molecule has 1 amide bonds. The minimum atomic E-state index is -0.414. The van der Waals surface area contributed by atoms with Crippen LogP contribution in [0.25, 0.3) is 11.3 Å². The highest BCUT2D eigenvalue weighted by Gasteiger charge is 2.34. The number of benzene rings is 2. The summed E-state index contributed by atoms with van der Waals surface area (Å²) in [6, 6.07) is 20.4. The Morgan fingerprint density at radius 2 is 1.76 bits per heavy atom. The summed E-state index contributed by atoms with van der Waals surface area (Å²) in [7, 11) is 0. The van der Waals surface area contributed by atoms with Gasteiger partial charge in [-0.1, -0.05) is 73.5 Å². The van der Waals surface area contributed by atoms with Crippen LogP contribution in [-0.4, -0.2) is 57.2 Å². The van der Waals surface area contributed by atoms with E-state index >= 15 is 0 Å². The fourth-order valence-electron chi connectivity index (χ4n) is 5.30. The molecule has 2 aromatic carbocycles. The van der Waals surface area contributed by atoms with Gasteiger partial charge in [-0.3, -0.25) is 4.79 Å². The van der Waals surface area contributed by atoms with Crippen LogP contribution < -0.4 is 5.32 Å². The zero-order valence-electron chi connectivity index (χ0n) is 18.9. The standard InChI is InChI=1S/C27H32N4O2/c32-24-14-8-7-13-23(24)31-19-29-25(26(31)21-11-5-2-6-12-21)27(33)30-16-15-28-18-22(30)17-20-9-3-1-4-10-20/h1-6,9-12,19,22-24,28,32H,7-8,13-18H2/t22-,23-,24+/m1/s1. The zero-order chi connectivity index (χ0) is 22.6. The van der Waals surface area contributed by atoms with Crippen molar-refractivity contribution in [1.82, 2.24) is 19.8 Å². The molecule has 6 nitrogen and oxygen atoms in total. The van der Waals surface area contributed by atoms with Gasteiger partial charge in [-0.05, 0) is 24.8 Å². The molecule has 1 aliphatic heterocycles. The number of hydrogen-bond acceptors (Lipinski definition) is 4. The van der Waals surface area contributed by atoms with Crippen LogP contribution in [0.2, 0.25) is 0 Å². The van der Waals surface area contributed by atoms with Crippen LogP contribution in [0.4, 0.5) is 0 Å². The molecule has 1 saturated carbocycles. The topological polar surface area (TPSA) is 70.4 Å². The molecule has 1 aromatic heterocycles. The number of piperazine rings is 1. The number of aliphatic hydroxyl groups is 1. The van der Waals surface area contributed by atoms with E-state index in [1.807, 2.05) is 53.4 Å². The van der Waals surface area contributed by atoms with Gasteiger partial charge in [-0.2, -0.15) is 0 Å². The Bertz CT molecular complexity index is 1070. The molecule has 2 N–H and O–H groups in total. The lowest BCUT2D eigenvalue weighted by Crippen LogP contribution is -2.54. The molecule has 0 spiro atoms. The van der Waals surface area contributed by atoms with E-state index in [9.17, 15) is 9.90 Å². The average Bonchev–Trinajstić information content (AvgIpc) is 3.30. The Hall–Kier alpha value is -2.96. The quantitative estimate of drug-likeness (QED) is 0.630. The van der Waals surface area contributed by atoms with Gasteiger partial charge in [0.2, 0.25) is 0 Å². The lowest BCUT2D eigenvalue weighted by Gasteiger charge is -2.36. The first kappa shape index (κ1) is 21.9. The number of carbonyl (C=O) groups is 1. The maximum atomic E-state index is 13.9. The summed E-state index contributed by atoms with van der Waals surface area (Å²) in [5.74, 6) is -0.0275. The fraction of sp³-hybridized carbons (Fsp3) is 0.407. The Morgan fingerprint density at radius 3 is 2.52 bits per heavy atom. The van der Waals surface area contributed by atoms with E-state index in [0.717, 1.165) is 56.5 Å². The highest BCUT2D eigenvalue weighted by molar-refractivity contribution is 5.98. The molecule has 0 radical (unpaired) electrons. The molecule has 2 aliphatic rings. The predicted molar refractivity (Wildman–Crippen MR) is 129 cm³/mol. The maximum absolute atomic E-state index is 13.9. The van der Waals surface area contributed by atoms with E-state index in [0.29, 0.717) is 12.2 Å². The summed E-state index contributed by atoms with van der Waals surface area (Å²) in [4.78, 5) is 20.6. The molecular weight excluding hydrogens is 412 g/mol. The molecule has 5 rings (SSSR count). The van der Waals surface area contributed by atoms with Gasteiger partial charge in [0.1, 0.15) is 0 Å². The van der Waals surface area contributed by atoms with Crippen molar-refractivity contribution >= 4 is 5.91 Å². The third-order valence-electron chi connectivity index (χ3n) is 7.02. The monoisotopic (exact) mass is 444 g/mol. The minimum absolute atomic E-state index is 0.0275. The Balaban J connectivity index is 1.50. The smallest absolute Gasteiger partial charge is 0.275 e. The number of aliphatic hydroxyl groups excluding tert-OH is 1. The van der Waals surface area contributed by atoms with Crippen molar-refractivity contribution < 1.29 is 9.90 Å². The lowest BCUT2D eigenvalue weighted by molar-refractivity contribution is 0.0629. The van der Waals surface area contributed by atoms with Gasteiger partial charge in [0.15, 0.2) is 5.69 Å². The molecular formula is C27H32N4O2. The molecule has 33 heavy (non-hydrogen) atoms. The van der Waals surface area contributed by atoms with E-state index in [2.05, 4.69) is 27.0 Å². The molecule has 0 unspecified atom stereocenters. The van der Waals surface area contributed by atoms with Gasteiger partial charge in [0.05, 0.1) is 24.2 Å². The molecule has 0 bridgehead atoms. The van der Waals surface area contributed by atoms with Gasteiger partial charge >= 0.3 is 0 Å². The normalized spacial score (nSPS) is 23.4. The summed E-state index contributed by atoms with van der Waals surface area (Å²) in [6.07, 6.45) is 5.97. The zero-order valence-corrected chi connectivity index (χ0v) is 18.9. The molecule has 1 saturated heterocycles. The summed E-state index contributed by atoms with van der Waals surface area (Å²) in [6.45, 7) is 2.20. The first-order valence-electron chi connectivity index (χ1n) is 12.1. The van der Waals surface area contributed by atoms with E-state index in [-0.39, 0.29) is 18.0 Å². The van der Waals surface area contributed by atoms with Crippen LogP contribution in [0.5, 0.6) is 0 Å². The van der Waals surface area contributed by atoms with Crippen molar-refractivity contribution in [2.24, 2.45) is 0 Å². The number of hydrogen-bond donors (Lipinski definition) is 2. The van der Waals surface area contributed by atoms with Gasteiger partial charge < -0.3 is 19.9 Å². The van der Waals surface area contributed by atoms with Crippen LogP contribution in [-0.2, 0) is 6.42 Å². The Morgan fingerprint density at radius 1 is 1.03 bits per heavy atom. The second kappa shape index (κ2) is 9.89. The van der Waals surface area contributed by atoms with E-state index in [1.165, 1.54) is 5.56 Å². The number of rotatable bonds is 5. The SMILES string of the molecule is O=C(c1ncn([C@@H]2CCCC[C@@H]2O)c1-c1ccccc1)N1CCNC[C@H]1Cc1ccccc1. The predicted octanol–water partition coefficient (Wildman–Crippen LogP) is 3.68. The maximum Gasteiger partial charge on any atom is 0.275 e. The van der Waals surface area contributed by atoms with Crippen molar-refractivity contribution in [3.8, 4) is 11.3 Å². The second-order valence-electron chi connectivity index (χ2n) is 9.18. The molecule has 3 atom stereocenters. The molecule has 3 aromatic rings. The number of nitrogens with zero attached hydrogens (tertiary/aromatic N) is 3. The lowest BCUT2D eigenvalue weighted by atomic mass is 9.92. The average molecular weight is 445 g/mol. The molecule has 2 heterocycles. The van der Waals surface area contributed by atoms with Gasteiger partial charge in [0.25, 0.3) is 5.91 Å². The summed E-state index contributed by atoms with van der Waals surface area (Å²) >= 11 is 0. The molecule has 1 aliphatic carbocycles. The largest absolute Gasteiger partial charge is 0.391 e. The van der Waals surface area contributed by atoms with Crippen LogP contribution in [0.15, 0.2) is 67.0 Å². The first-order chi connectivity index (χ1) is 16.2. The van der Waals surface area contributed by atoms with Crippen molar-refractivity contribution in [1.29, 1.82) is 0 Å². The van der Waals surface area contributed by atoms with E-state index < -0.39 is 6.10 Å². The van der Waals surface area contributed by atoms with Crippen molar-refractivity contribution in [2.45, 2.75) is 50.3 Å². The molecule has 6 heteroatoms. The number of nitrogens with one attached hydrogen (secondary N) is 1. The van der Waals surface area contributed by atoms with Gasteiger partial charge in [0, 0.05) is 31.2 Å². The second-order valence-corrected chi connectivity index (χ2v) is 9.18. The number of amides is 1. The number of aromatic nitrogens is 2. The van der Waals surface area contributed by atoms with Crippen molar-refractivity contribution in [3.05, 3.63) is 78.2 Å². The fourth-order valence-corrected chi connectivity index (χ4v) is 5.30. The van der Waals surface area contributed by atoms with Crippen molar-refractivity contribution in [3.63, 3.8) is 0 Å². The highest BCUT2D eigenvalue weighted by atomic mass is 16.3. The molecule has 172 valence electrons. The summed E-state index contributed by atoms with van der Waals surface area (Å²) in [5, 5.41) is 14.2. The van der Waals surface area contributed by atoms with Crippen LogP contribution in [0, 0.1) is 0 Å². The van der Waals surface area contributed by atoms with E-state index in [1.54, 1.807) is 6.33 Å². The van der Waals surface area contributed by atoms with Crippen LogP contribution >= 0.6 is 0 Å². The third kappa shape index (κ3) is 4.59. The summed E-state index contributed by atoms with van der Waals surface area (Å²) < 4.78 is 2.06. The Labute approximate surface area is 195 Å². The van der Waals surface area contributed by atoms with Crippen molar-refractivity contribution in [2.75, 3.05) is 19.6 Å². The molecule has 2 fully saturated rings. The van der Waals surface area contributed by atoms with Crippen LogP contribution in [0.3, 0.4) is 0 Å². The Kier molecular flexibility index (Phi) is 6.55. The minimum Gasteiger partial charge on any atom is -0.391 e. The number of carbonyl (C=O) groups excluding carboxylic acids is 1. The van der Waals surface area contributed by atoms with Gasteiger partial charge in [-0.25, -0.2) is 4.98 Å². The van der Waals surface area contributed by atoms with Gasteiger partial charge in [-0.15, -0.1) is 0 Å². The van der Waals surface area contributed by atoms with Crippen LogP contribution in [0.1, 0.15) is 47.8 Å². The third-order valence-corrected chi connectivity index (χ3v) is 7.02.